The average molecular weight is 231 g/mol. The van der Waals surface area contributed by atoms with Crippen molar-refractivity contribution in [3.8, 4) is 0 Å². The molecule has 1 N–H and O–H groups in total. The number of aliphatic hydroxyl groups is 1. The molecule has 1 unspecified atom stereocenters. The lowest BCUT2D eigenvalue weighted by atomic mass is 9.90. The van der Waals surface area contributed by atoms with Crippen LogP contribution in [-0.2, 0) is 0 Å². The molecular weight excluding hydrogens is 206 g/mol. The van der Waals surface area contributed by atoms with E-state index in [-0.39, 0.29) is 6.10 Å². The number of aliphatic hydroxyl groups excluding tert-OH is 1. The Morgan fingerprint density at radius 2 is 2.07 bits per heavy atom. The average Bonchev–Trinajstić information content (AvgIpc) is 2.25. The number of nitrogens with zero attached hydrogens (tertiary/aromatic N) is 1. The Bertz CT molecular complexity index is 177. The van der Waals surface area contributed by atoms with Gasteiger partial charge in [-0.2, -0.15) is 11.8 Å². The third-order valence-electron chi connectivity index (χ3n) is 3.62. The standard InChI is InChI=1S/C12H25NOS/c1-4-10(9-15-3)13(2)11-7-5-6-8-12(11)14/h10-12,14H,4-9H2,1-3H3/t10?,11-,12-/m1/s1. The van der Waals surface area contributed by atoms with Crippen molar-refractivity contribution < 1.29 is 5.11 Å². The van der Waals surface area contributed by atoms with Gasteiger partial charge in [-0.15, -0.1) is 0 Å². The first-order chi connectivity index (χ1) is 7.20. The van der Waals surface area contributed by atoms with Crippen LogP contribution in [0.25, 0.3) is 0 Å². The van der Waals surface area contributed by atoms with Crippen LogP contribution in [0.3, 0.4) is 0 Å². The molecule has 0 aliphatic heterocycles. The van der Waals surface area contributed by atoms with Crippen LogP contribution in [0.15, 0.2) is 0 Å². The van der Waals surface area contributed by atoms with Crippen molar-refractivity contribution in [3.05, 3.63) is 0 Å². The first kappa shape index (κ1) is 13.3. The van der Waals surface area contributed by atoms with E-state index in [1.165, 1.54) is 31.4 Å². The third kappa shape index (κ3) is 3.65. The highest BCUT2D eigenvalue weighted by Crippen LogP contribution is 2.25. The molecule has 0 saturated heterocycles. The van der Waals surface area contributed by atoms with Gasteiger partial charge in [-0.3, -0.25) is 4.90 Å². The lowest BCUT2D eigenvalue weighted by Crippen LogP contribution is -2.48. The minimum atomic E-state index is -0.0975. The summed E-state index contributed by atoms with van der Waals surface area (Å²) in [6.07, 6.45) is 7.88. The Balaban J connectivity index is 2.51. The van der Waals surface area contributed by atoms with Gasteiger partial charge in [-0.05, 0) is 32.6 Å². The second kappa shape index (κ2) is 6.77. The summed E-state index contributed by atoms with van der Waals surface area (Å²) in [6.45, 7) is 2.24. The molecule has 1 aliphatic carbocycles. The molecule has 0 radical (unpaired) electrons. The van der Waals surface area contributed by atoms with E-state index in [1.54, 1.807) is 0 Å². The van der Waals surface area contributed by atoms with Gasteiger partial charge in [0, 0.05) is 17.8 Å². The molecule has 0 aromatic heterocycles. The molecule has 1 fully saturated rings. The summed E-state index contributed by atoms with van der Waals surface area (Å²) in [7, 11) is 2.18. The van der Waals surface area contributed by atoms with Gasteiger partial charge in [-0.1, -0.05) is 19.8 Å². The highest BCUT2D eigenvalue weighted by Gasteiger charge is 2.29. The highest BCUT2D eigenvalue weighted by molar-refractivity contribution is 7.98. The number of rotatable bonds is 5. The van der Waals surface area contributed by atoms with Gasteiger partial charge < -0.3 is 5.11 Å². The van der Waals surface area contributed by atoms with Crippen LogP contribution in [0.5, 0.6) is 0 Å². The molecule has 0 spiro atoms. The van der Waals surface area contributed by atoms with Crippen molar-refractivity contribution >= 4 is 11.8 Å². The lowest BCUT2D eigenvalue weighted by Gasteiger charge is -2.39. The molecule has 0 bridgehead atoms. The fourth-order valence-corrected chi connectivity index (χ4v) is 3.41. The van der Waals surface area contributed by atoms with E-state index in [4.69, 9.17) is 0 Å². The van der Waals surface area contributed by atoms with Gasteiger partial charge >= 0.3 is 0 Å². The predicted molar refractivity (Wildman–Crippen MR) is 68.5 cm³/mol. The van der Waals surface area contributed by atoms with E-state index < -0.39 is 0 Å². The maximum Gasteiger partial charge on any atom is 0.0695 e. The minimum Gasteiger partial charge on any atom is -0.391 e. The van der Waals surface area contributed by atoms with E-state index in [1.807, 2.05) is 11.8 Å². The molecule has 1 rings (SSSR count). The SMILES string of the molecule is CCC(CSC)N(C)[C@@H]1CCCC[C@H]1O. The Morgan fingerprint density at radius 3 is 2.60 bits per heavy atom. The second-order valence-electron chi connectivity index (χ2n) is 4.60. The Hall–Kier alpha value is 0.270. The zero-order valence-corrected chi connectivity index (χ0v) is 11.1. The van der Waals surface area contributed by atoms with Crippen molar-refractivity contribution in [1.82, 2.24) is 4.90 Å². The summed E-state index contributed by atoms with van der Waals surface area (Å²) >= 11 is 1.90. The van der Waals surface area contributed by atoms with Crippen LogP contribution in [-0.4, -0.2) is 47.3 Å². The molecule has 2 nitrogen and oxygen atoms in total. The molecule has 0 aromatic carbocycles. The van der Waals surface area contributed by atoms with Gasteiger partial charge in [0.2, 0.25) is 0 Å². The van der Waals surface area contributed by atoms with Gasteiger partial charge in [0.25, 0.3) is 0 Å². The molecule has 3 heteroatoms. The maximum absolute atomic E-state index is 10.0. The van der Waals surface area contributed by atoms with Crippen molar-refractivity contribution in [2.24, 2.45) is 0 Å². The van der Waals surface area contributed by atoms with Crippen LogP contribution >= 0.6 is 11.8 Å². The first-order valence-corrected chi connectivity index (χ1v) is 7.49. The van der Waals surface area contributed by atoms with Crippen molar-refractivity contribution in [1.29, 1.82) is 0 Å². The monoisotopic (exact) mass is 231 g/mol. The zero-order valence-electron chi connectivity index (χ0n) is 10.3. The van der Waals surface area contributed by atoms with Crippen molar-refractivity contribution in [3.63, 3.8) is 0 Å². The first-order valence-electron chi connectivity index (χ1n) is 6.09. The molecule has 1 aliphatic rings. The number of likely N-dealkylation sites (N-methyl/N-ethyl adjacent to an activating group) is 1. The van der Waals surface area contributed by atoms with E-state index in [0.29, 0.717) is 12.1 Å². The summed E-state index contributed by atoms with van der Waals surface area (Å²) in [5, 5.41) is 10.0. The quantitative estimate of drug-likeness (QED) is 0.786. The van der Waals surface area contributed by atoms with Gasteiger partial charge in [0.05, 0.1) is 6.10 Å². The smallest absolute Gasteiger partial charge is 0.0695 e. The van der Waals surface area contributed by atoms with Gasteiger partial charge in [0.15, 0.2) is 0 Å². The summed E-state index contributed by atoms with van der Waals surface area (Å²) in [6, 6.07) is 1.02. The van der Waals surface area contributed by atoms with E-state index in [2.05, 4.69) is 25.1 Å². The van der Waals surface area contributed by atoms with Crippen molar-refractivity contribution in [2.45, 2.75) is 57.2 Å². The lowest BCUT2D eigenvalue weighted by molar-refractivity contribution is 0.0162. The third-order valence-corrected chi connectivity index (χ3v) is 4.34. The normalized spacial score (nSPS) is 29.4. The summed E-state index contributed by atoms with van der Waals surface area (Å²) in [4.78, 5) is 2.42. The Labute approximate surface area is 98.4 Å². The molecular formula is C12H25NOS. The topological polar surface area (TPSA) is 23.5 Å². The second-order valence-corrected chi connectivity index (χ2v) is 5.51. The van der Waals surface area contributed by atoms with Gasteiger partial charge in [0.1, 0.15) is 0 Å². The van der Waals surface area contributed by atoms with Gasteiger partial charge in [-0.25, -0.2) is 0 Å². The van der Waals surface area contributed by atoms with E-state index >= 15 is 0 Å². The van der Waals surface area contributed by atoms with Crippen LogP contribution in [0, 0.1) is 0 Å². The number of thioether (sulfide) groups is 1. The van der Waals surface area contributed by atoms with Crippen LogP contribution in [0.2, 0.25) is 0 Å². The predicted octanol–water partition coefficient (Wildman–Crippen LogP) is 2.36. The van der Waals surface area contributed by atoms with Crippen LogP contribution in [0.4, 0.5) is 0 Å². The maximum atomic E-state index is 10.0. The van der Waals surface area contributed by atoms with E-state index in [0.717, 1.165) is 6.42 Å². The Kier molecular flexibility index (Phi) is 6.02. The fraction of sp³-hybridized carbons (Fsp3) is 1.00. The summed E-state index contributed by atoms with van der Waals surface area (Å²) in [5.41, 5.74) is 0. The minimum absolute atomic E-state index is 0.0975. The molecule has 90 valence electrons. The molecule has 15 heavy (non-hydrogen) atoms. The summed E-state index contributed by atoms with van der Waals surface area (Å²) < 4.78 is 0. The molecule has 0 aromatic rings. The highest BCUT2D eigenvalue weighted by atomic mass is 32.2. The van der Waals surface area contributed by atoms with E-state index in [9.17, 15) is 5.11 Å². The molecule has 3 atom stereocenters. The molecule has 1 saturated carbocycles. The molecule has 0 heterocycles. The van der Waals surface area contributed by atoms with Crippen molar-refractivity contribution in [2.75, 3.05) is 19.1 Å². The number of hydrogen-bond donors (Lipinski definition) is 1. The summed E-state index contributed by atoms with van der Waals surface area (Å²) in [5.74, 6) is 1.18. The largest absolute Gasteiger partial charge is 0.391 e. The fourth-order valence-electron chi connectivity index (χ4n) is 2.55. The Morgan fingerprint density at radius 1 is 1.40 bits per heavy atom. The number of hydrogen-bond acceptors (Lipinski definition) is 3. The zero-order chi connectivity index (χ0) is 11.3. The molecule has 0 amide bonds. The van der Waals surface area contributed by atoms with Crippen LogP contribution in [0.1, 0.15) is 39.0 Å². The van der Waals surface area contributed by atoms with Crippen LogP contribution < -0.4 is 0 Å².